The van der Waals surface area contributed by atoms with E-state index in [0.717, 1.165) is 12.5 Å². The van der Waals surface area contributed by atoms with E-state index >= 15 is 0 Å². The van der Waals surface area contributed by atoms with Gasteiger partial charge in [-0.05, 0) is 31.0 Å². The van der Waals surface area contributed by atoms with E-state index in [1.165, 1.54) is 16.9 Å². The number of pyridine rings is 1. The highest BCUT2D eigenvalue weighted by atomic mass is 19.4. The summed E-state index contributed by atoms with van der Waals surface area (Å²) in [5.74, 6) is -0.616. The average molecular weight is 340 g/mol. The fourth-order valence-corrected chi connectivity index (χ4v) is 2.79. The molecule has 3 rings (SSSR count). The molecule has 1 saturated heterocycles. The largest absolute Gasteiger partial charge is 0.477 e. The minimum atomic E-state index is -4.46. The van der Waals surface area contributed by atoms with Crippen LogP contribution in [0.25, 0.3) is 0 Å². The predicted octanol–water partition coefficient (Wildman–Crippen LogP) is 2.84. The summed E-state index contributed by atoms with van der Waals surface area (Å²) in [6.45, 7) is 1.09. The van der Waals surface area contributed by atoms with Crippen molar-refractivity contribution in [2.24, 2.45) is 0 Å². The van der Waals surface area contributed by atoms with Gasteiger partial charge < -0.3 is 10.0 Å². The van der Waals surface area contributed by atoms with Gasteiger partial charge in [-0.1, -0.05) is 6.07 Å². The number of aromatic carboxylic acids is 1. The molecule has 0 aliphatic carbocycles. The van der Waals surface area contributed by atoms with Gasteiger partial charge in [0.1, 0.15) is 5.82 Å². The van der Waals surface area contributed by atoms with Crippen molar-refractivity contribution in [3.8, 4) is 0 Å². The van der Waals surface area contributed by atoms with Crippen molar-refractivity contribution < 1.29 is 23.1 Å². The molecule has 0 radical (unpaired) electrons. The molecule has 0 saturated carbocycles. The summed E-state index contributed by atoms with van der Waals surface area (Å²) in [5, 5.41) is 12.6. The number of nitrogens with zero attached hydrogens (tertiary/aromatic N) is 4. The zero-order chi connectivity index (χ0) is 17.3. The van der Waals surface area contributed by atoms with E-state index in [1.807, 2.05) is 4.90 Å². The number of carbonyl (C=O) groups is 1. The lowest BCUT2D eigenvalue weighted by atomic mass is 10.1. The minimum absolute atomic E-state index is 0.0620. The Morgan fingerprint density at radius 2 is 2.08 bits per heavy atom. The van der Waals surface area contributed by atoms with Crippen LogP contribution in [0.2, 0.25) is 0 Å². The third kappa shape index (κ3) is 3.34. The van der Waals surface area contributed by atoms with Gasteiger partial charge in [0, 0.05) is 19.3 Å². The molecule has 0 bridgehead atoms. The highest BCUT2D eigenvalue weighted by molar-refractivity contribution is 5.85. The number of hydrogen-bond donors (Lipinski definition) is 1. The van der Waals surface area contributed by atoms with Gasteiger partial charge in [-0.15, -0.1) is 0 Å². The number of carboxylic acid groups (broad SMARTS) is 1. The smallest absolute Gasteiger partial charge is 0.435 e. The lowest BCUT2D eigenvalue weighted by molar-refractivity contribution is -0.141. The number of alkyl halides is 3. The first-order chi connectivity index (χ1) is 11.3. The second kappa shape index (κ2) is 6.14. The highest BCUT2D eigenvalue weighted by Crippen LogP contribution is 2.30. The first-order valence-corrected chi connectivity index (χ1v) is 7.42. The van der Waals surface area contributed by atoms with Crippen LogP contribution in [0, 0.1) is 0 Å². The van der Waals surface area contributed by atoms with Gasteiger partial charge in [0.05, 0.1) is 6.04 Å². The summed E-state index contributed by atoms with van der Waals surface area (Å²) in [5.41, 5.74) is -0.973. The first-order valence-electron chi connectivity index (χ1n) is 7.42. The molecule has 2 aromatic heterocycles. The van der Waals surface area contributed by atoms with E-state index in [1.54, 1.807) is 12.1 Å². The lowest BCUT2D eigenvalue weighted by Crippen LogP contribution is -2.37. The van der Waals surface area contributed by atoms with Gasteiger partial charge in [-0.3, -0.25) is 4.68 Å². The van der Waals surface area contributed by atoms with Gasteiger partial charge in [0.25, 0.3) is 0 Å². The Hall–Kier alpha value is -2.58. The van der Waals surface area contributed by atoms with Gasteiger partial charge in [0.15, 0.2) is 11.4 Å². The highest BCUT2D eigenvalue weighted by Gasteiger charge is 2.34. The molecule has 1 atom stereocenters. The second-order valence-corrected chi connectivity index (χ2v) is 5.61. The van der Waals surface area contributed by atoms with Crippen molar-refractivity contribution in [2.45, 2.75) is 25.1 Å². The Morgan fingerprint density at radius 1 is 1.29 bits per heavy atom. The molecule has 0 amide bonds. The maximum Gasteiger partial charge on any atom is 0.435 e. The average Bonchev–Trinajstić information content (AvgIpc) is 3.05. The summed E-state index contributed by atoms with van der Waals surface area (Å²) >= 11 is 0. The van der Waals surface area contributed by atoms with Crippen molar-refractivity contribution in [2.75, 3.05) is 18.0 Å². The van der Waals surface area contributed by atoms with Crippen LogP contribution < -0.4 is 4.90 Å². The molecule has 0 aromatic carbocycles. The molecule has 3 heterocycles. The van der Waals surface area contributed by atoms with Crippen molar-refractivity contribution in [1.82, 2.24) is 14.8 Å². The van der Waals surface area contributed by atoms with Gasteiger partial charge in [-0.25, -0.2) is 9.78 Å². The number of carboxylic acids is 1. The normalized spacial score (nSPS) is 18.6. The maximum atomic E-state index is 12.7. The van der Waals surface area contributed by atoms with Gasteiger partial charge >= 0.3 is 12.1 Å². The van der Waals surface area contributed by atoms with E-state index in [4.69, 9.17) is 5.11 Å². The van der Waals surface area contributed by atoms with Crippen LogP contribution in [0.1, 0.15) is 35.1 Å². The van der Waals surface area contributed by atoms with Crippen molar-refractivity contribution >= 4 is 11.8 Å². The lowest BCUT2D eigenvalue weighted by Gasteiger charge is -2.33. The Kier molecular flexibility index (Phi) is 4.16. The fourth-order valence-electron chi connectivity index (χ4n) is 2.79. The first kappa shape index (κ1) is 16.3. The Morgan fingerprint density at radius 3 is 2.75 bits per heavy atom. The van der Waals surface area contributed by atoms with Crippen LogP contribution in [0.4, 0.5) is 19.0 Å². The zero-order valence-electron chi connectivity index (χ0n) is 12.6. The third-order valence-electron chi connectivity index (χ3n) is 3.95. The molecule has 1 aliphatic rings. The van der Waals surface area contributed by atoms with E-state index in [0.29, 0.717) is 25.3 Å². The molecule has 128 valence electrons. The van der Waals surface area contributed by atoms with Crippen LogP contribution >= 0.6 is 0 Å². The van der Waals surface area contributed by atoms with Crippen molar-refractivity contribution in [3.63, 3.8) is 0 Å². The molecule has 24 heavy (non-hydrogen) atoms. The molecule has 1 aliphatic heterocycles. The maximum absolute atomic E-state index is 12.7. The number of halogens is 3. The summed E-state index contributed by atoms with van der Waals surface area (Å²) in [4.78, 5) is 17.0. The summed E-state index contributed by atoms with van der Waals surface area (Å²) in [6, 6.07) is 5.44. The van der Waals surface area contributed by atoms with E-state index < -0.39 is 17.8 Å². The van der Waals surface area contributed by atoms with E-state index in [-0.39, 0.29) is 11.7 Å². The summed E-state index contributed by atoms with van der Waals surface area (Å²) < 4.78 is 39.4. The van der Waals surface area contributed by atoms with Crippen LogP contribution in [0.3, 0.4) is 0 Å². The Bertz CT molecular complexity index is 744. The monoisotopic (exact) mass is 340 g/mol. The Balaban J connectivity index is 1.78. The molecule has 6 nitrogen and oxygen atoms in total. The molecular formula is C15H15F3N4O2. The molecular weight excluding hydrogens is 325 g/mol. The standard InChI is InChI=1S/C15H15F3N4O2/c16-15(17,18)12-6-8-22(20-12)10-3-2-7-21(9-10)13-5-1-4-11(19-13)14(23)24/h1,4-6,8,10H,2-3,7,9H2,(H,23,24). The third-order valence-corrected chi connectivity index (χ3v) is 3.95. The van der Waals surface area contributed by atoms with E-state index in [2.05, 4.69) is 10.1 Å². The summed E-state index contributed by atoms with van der Waals surface area (Å²) in [6.07, 6.45) is -1.67. The molecule has 1 N–H and O–H groups in total. The number of piperidine rings is 1. The molecule has 9 heteroatoms. The Labute approximate surface area is 135 Å². The van der Waals surface area contributed by atoms with Gasteiger partial charge in [0.2, 0.25) is 0 Å². The molecule has 1 unspecified atom stereocenters. The number of anilines is 1. The SMILES string of the molecule is O=C(O)c1cccc(N2CCCC(n3ccc(C(F)(F)F)n3)C2)n1. The second-order valence-electron chi connectivity index (χ2n) is 5.61. The predicted molar refractivity (Wildman–Crippen MR) is 78.9 cm³/mol. The van der Waals surface area contributed by atoms with Crippen LogP contribution in [0.15, 0.2) is 30.5 Å². The zero-order valence-corrected chi connectivity index (χ0v) is 12.6. The van der Waals surface area contributed by atoms with Crippen LogP contribution in [-0.4, -0.2) is 38.9 Å². The number of aromatic nitrogens is 3. The quantitative estimate of drug-likeness (QED) is 0.930. The van der Waals surface area contributed by atoms with E-state index in [9.17, 15) is 18.0 Å². The fraction of sp³-hybridized carbons (Fsp3) is 0.400. The number of hydrogen-bond acceptors (Lipinski definition) is 4. The molecule has 0 spiro atoms. The van der Waals surface area contributed by atoms with Crippen LogP contribution in [0.5, 0.6) is 0 Å². The molecule has 1 fully saturated rings. The summed E-state index contributed by atoms with van der Waals surface area (Å²) in [7, 11) is 0. The number of rotatable bonds is 3. The van der Waals surface area contributed by atoms with Crippen molar-refractivity contribution in [3.05, 3.63) is 41.9 Å². The van der Waals surface area contributed by atoms with Crippen LogP contribution in [-0.2, 0) is 6.18 Å². The van der Waals surface area contributed by atoms with Gasteiger partial charge in [-0.2, -0.15) is 18.3 Å². The topological polar surface area (TPSA) is 71.2 Å². The minimum Gasteiger partial charge on any atom is -0.477 e. The van der Waals surface area contributed by atoms with Crippen molar-refractivity contribution in [1.29, 1.82) is 0 Å². The molecule has 2 aromatic rings.